The molecule has 0 spiro atoms. The molecule has 0 radical (unpaired) electrons. The van der Waals surface area contributed by atoms with Crippen molar-refractivity contribution in [1.82, 2.24) is 0 Å². The lowest BCUT2D eigenvalue weighted by Crippen LogP contribution is -2.21. The normalized spacial score (nSPS) is 23.6. The third-order valence-electron chi connectivity index (χ3n) is 8.54. The lowest BCUT2D eigenvalue weighted by Gasteiger charge is -2.34. The van der Waals surface area contributed by atoms with Crippen molar-refractivity contribution in [2.75, 3.05) is 0 Å². The number of fused-ring (bicyclic) bond motifs is 2. The summed E-state index contributed by atoms with van der Waals surface area (Å²) in [6.07, 6.45) is 14.5. The van der Waals surface area contributed by atoms with Crippen LogP contribution < -0.4 is 0 Å². The maximum Gasteiger partial charge on any atom is 0.0201 e. The van der Waals surface area contributed by atoms with Crippen molar-refractivity contribution in [3.63, 3.8) is 0 Å². The van der Waals surface area contributed by atoms with Crippen LogP contribution in [0, 0.1) is 5.92 Å². The molecule has 0 bridgehead atoms. The van der Waals surface area contributed by atoms with E-state index >= 15 is 0 Å². The molecule has 1 fully saturated rings. The lowest BCUT2D eigenvalue weighted by molar-refractivity contribution is 0.619. The van der Waals surface area contributed by atoms with Gasteiger partial charge < -0.3 is 0 Å². The summed E-state index contributed by atoms with van der Waals surface area (Å²) in [5, 5.41) is 0. The van der Waals surface area contributed by atoms with Crippen LogP contribution in [0.25, 0.3) is 5.57 Å². The van der Waals surface area contributed by atoms with Crippen LogP contribution in [0.5, 0.6) is 0 Å². The van der Waals surface area contributed by atoms with Gasteiger partial charge in [-0.25, -0.2) is 0 Å². The third-order valence-corrected chi connectivity index (χ3v) is 8.54. The molecule has 0 aromatic heterocycles. The van der Waals surface area contributed by atoms with Crippen molar-refractivity contribution in [1.29, 1.82) is 0 Å². The molecule has 0 amide bonds. The monoisotopic (exact) mass is 484 g/mol. The van der Waals surface area contributed by atoms with Crippen LogP contribution in [0.3, 0.4) is 0 Å². The molecule has 2 aromatic rings. The molecule has 0 saturated heterocycles. The van der Waals surface area contributed by atoms with Gasteiger partial charge in [0.15, 0.2) is 0 Å². The summed E-state index contributed by atoms with van der Waals surface area (Å²) in [6.45, 7) is 20.1. The zero-order chi connectivity index (χ0) is 26.1. The van der Waals surface area contributed by atoms with Gasteiger partial charge in [0.1, 0.15) is 0 Å². The number of rotatable bonds is 8. The van der Waals surface area contributed by atoms with Gasteiger partial charge in [0, 0.05) is 17.8 Å². The van der Waals surface area contributed by atoms with Crippen LogP contribution in [-0.2, 0) is 6.42 Å². The molecule has 3 aliphatic carbocycles. The van der Waals surface area contributed by atoms with Gasteiger partial charge in [0.05, 0.1) is 0 Å². The molecule has 37 heavy (non-hydrogen) atoms. The van der Waals surface area contributed by atoms with Crippen molar-refractivity contribution in [2.45, 2.75) is 64.7 Å². The molecule has 1 saturated carbocycles. The first kappa shape index (κ1) is 25.3. The van der Waals surface area contributed by atoms with Gasteiger partial charge in [-0.1, -0.05) is 117 Å². The molecule has 0 aliphatic heterocycles. The standard InChI is InChI=1S/C37H40/c1-7-12-24(4)35-25(5)20-32-23-30(22-31-21-29(13-8-2)33-14-10-11-15-34(31)33)26(6)36(32)37(35)28-18-16-27(9-3)17-19-28/h8,10-11,14-22,29,36-37H,2,4,6-7,9,12-13,23H2,1,3,5H3/b30-22+. The first-order chi connectivity index (χ1) is 18.0. The first-order valence-corrected chi connectivity index (χ1v) is 14.0. The maximum atomic E-state index is 4.74. The summed E-state index contributed by atoms with van der Waals surface area (Å²) in [6, 6.07) is 18.2. The van der Waals surface area contributed by atoms with E-state index in [1.54, 1.807) is 0 Å². The third kappa shape index (κ3) is 4.59. The van der Waals surface area contributed by atoms with Crippen molar-refractivity contribution in [3.05, 3.63) is 148 Å². The summed E-state index contributed by atoms with van der Waals surface area (Å²) in [4.78, 5) is 0. The molecule has 3 aliphatic rings. The quantitative estimate of drug-likeness (QED) is 0.327. The Morgan fingerprint density at radius 1 is 1.03 bits per heavy atom. The van der Waals surface area contributed by atoms with Crippen LogP contribution in [0.1, 0.15) is 80.5 Å². The van der Waals surface area contributed by atoms with Crippen LogP contribution in [0.15, 0.2) is 126 Å². The smallest absolute Gasteiger partial charge is 0.0201 e. The van der Waals surface area contributed by atoms with Crippen LogP contribution in [0.4, 0.5) is 0 Å². The molecular weight excluding hydrogens is 444 g/mol. The Bertz CT molecular complexity index is 1370. The Morgan fingerprint density at radius 2 is 1.78 bits per heavy atom. The Morgan fingerprint density at radius 3 is 2.49 bits per heavy atom. The SMILES string of the molecule is C=CCC1C=C(/C=C2\CC3=CC(C)=C(C(=C)CCC)C(c4ccc(CC)cc4)C3C2=C)c2ccccc21. The minimum Gasteiger partial charge on any atom is -0.103 e. The minimum absolute atomic E-state index is 0.279. The van der Waals surface area contributed by atoms with Crippen LogP contribution >= 0.6 is 0 Å². The van der Waals surface area contributed by atoms with Crippen molar-refractivity contribution in [3.8, 4) is 0 Å². The van der Waals surface area contributed by atoms with Crippen molar-refractivity contribution >= 4 is 5.57 Å². The molecule has 3 unspecified atom stereocenters. The van der Waals surface area contributed by atoms with E-state index in [0.29, 0.717) is 11.8 Å². The Balaban J connectivity index is 1.56. The highest BCUT2D eigenvalue weighted by atomic mass is 14.4. The summed E-state index contributed by atoms with van der Waals surface area (Å²) >= 11 is 0. The van der Waals surface area contributed by atoms with Crippen molar-refractivity contribution in [2.24, 2.45) is 5.92 Å². The molecule has 3 atom stereocenters. The summed E-state index contributed by atoms with van der Waals surface area (Å²) in [5.74, 6) is 0.989. The van der Waals surface area contributed by atoms with E-state index < -0.39 is 0 Å². The van der Waals surface area contributed by atoms with Gasteiger partial charge in [-0.3, -0.25) is 0 Å². The summed E-state index contributed by atoms with van der Waals surface area (Å²) < 4.78 is 0. The highest BCUT2D eigenvalue weighted by Crippen LogP contribution is 2.55. The Kier molecular flexibility index (Phi) is 7.20. The van der Waals surface area contributed by atoms with Crippen molar-refractivity contribution < 1.29 is 0 Å². The number of aryl methyl sites for hydroxylation is 1. The molecule has 0 heteroatoms. The Labute approximate surface area is 224 Å². The second-order valence-corrected chi connectivity index (χ2v) is 10.9. The fraction of sp³-hybridized carbons (Fsp3) is 0.297. The Hall–Kier alpha value is -3.38. The first-order valence-electron chi connectivity index (χ1n) is 14.0. The fourth-order valence-corrected chi connectivity index (χ4v) is 6.76. The van der Waals surface area contributed by atoms with E-state index in [1.165, 1.54) is 61.3 Å². The average Bonchev–Trinajstić information content (AvgIpc) is 3.40. The van der Waals surface area contributed by atoms with E-state index in [-0.39, 0.29) is 5.92 Å². The van der Waals surface area contributed by atoms with Gasteiger partial charge in [0.2, 0.25) is 0 Å². The van der Waals surface area contributed by atoms with Gasteiger partial charge in [-0.05, 0) is 82.7 Å². The zero-order valence-electron chi connectivity index (χ0n) is 22.8. The zero-order valence-corrected chi connectivity index (χ0v) is 22.8. The molecular formula is C37H40. The molecule has 0 heterocycles. The second-order valence-electron chi connectivity index (χ2n) is 10.9. The number of allylic oxidation sites excluding steroid dienone is 11. The average molecular weight is 485 g/mol. The van der Waals surface area contributed by atoms with Crippen LogP contribution in [-0.4, -0.2) is 0 Å². The van der Waals surface area contributed by atoms with Gasteiger partial charge in [0.25, 0.3) is 0 Å². The van der Waals surface area contributed by atoms with E-state index in [0.717, 1.165) is 32.1 Å². The number of hydrogen-bond donors (Lipinski definition) is 0. The van der Waals surface area contributed by atoms with E-state index in [9.17, 15) is 0 Å². The fourth-order valence-electron chi connectivity index (χ4n) is 6.76. The maximum absolute atomic E-state index is 4.74. The van der Waals surface area contributed by atoms with Gasteiger partial charge in [-0.2, -0.15) is 0 Å². The predicted octanol–water partition coefficient (Wildman–Crippen LogP) is 10.2. The molecule has 5 rings (SSSR count). The number of benzene rings is 2. The summed E-state index contributed by atoms with van der Waals surface area (Å²) in [5.41, 5.74) is 15.1. The minimum atomic E-state index is 0.279. The predicted molar refractivity (Wildman–Crippen MR) is 161 cm³/mol. The van der Waals surface area contributed by atoms with Crippen LogP contribution in [0.2, 0.25) is 0 Å². The molecule has 0 N–H and O–H groups in total. The van der Waals surface area contributed by atoms with Gasteiger partial charge in [-0.15, -0.1) is 6.58 Å². The van der Waals surface area contributed by atoms with Gasteiger partial charge >= 0.3 is 0 Å². The van der Waals surface area contributed by atoms with E-state index in [1.807, 2.05) is 6.08 Å². The highest BCUT2D eigenvalue weighted by Gasteiger charge is 2.41. The highest BCUT2D eigenvalue weighted by molar-refractivity contribution is 5.83. The second kappa shape index (κ2) is 10.5. The van der Waals surface area contributed by atoms with E-state index in [2.05, 4.69) is 101 Å². The summed E-state index contributed by atoms with van der Waals surface area (Å²) in [7, 11) is 0. The lowest BCUT2D eigenvalue weighted by atomic mass is 9.69. The number of hydrogen-bond acceptors (Lipinski definition) is 0. The molecule has 0 nitrogen and oxygen atoms in total. The van der Waals surface area contributed by atoms with E-state index in [4.69, 9.17) is 6.58 Å². The molecule has 2 aromatic carbocycles. The molecule has 188 valence electrons. The largest absolute Gasteiger partial charge is 0.103 e. The topological polar surface area (TPSA) is 0 Å².